The lowest BCUT2D eigenvalue weighted by molar-refractivity contribution is -0.154. The normalized spacial score (nSPS) is 14.1. The number of amides is 2. The second kappa shape index (κ2) is 15.2. The van der Waals surface area contributed by atoms with Gasteiger partial charge in [0.2, 0.25) is 11.8 Å². The number of carbonyl (C=O) groups is 3. The third-order valence-corrected chi connectivity index (χ3v) is 4.29. The summed E-state index contributed by atoms with van der Waals surface area (Å²) >= 11 is 0. The lowest BCUT2D eigenvalue weighted by atomic mass is 10.0. The summed E-state index contributed by atoms with van der Waals surface area (Å²) in [5.41, 5.74) is 6.12. The minimum atomic E-state index is -3.26. The van der Waals surface area contributed by atoms with Crippen LogP contribution in [0.1, 0.15) is 25.8 Å². The highest BCUT2D eigenvalue weighted by atomic mass is 19.3. The highest BCUT2D eigenvalue weighted by molar-refractivity contribution is 5.92. The molecule has 3 atom stereocenters. The molecule has 1 aromatic carbocycles. The standard InChI is InChI=1S/C21H29F4N3O6/c1-12(2)8-15(19(31)32-9-13-6-4-3-5-7-13)27-18(30)16(11-34-21(24)25)28-17(29)14(26)10-33-20(22)23/h3-7,12,14-16,20-21H,8-11,26H2,1-2H3,(H,27,30)(H,28,29)/t14-,15-,16-/m0/s1. The molecular weight excluding hydrogens is 466 g/mol. The quantitative estimate of drug-likeness (QED) is 0.249. The van der Waals surface area contributed by atoms with Gasteiger partial charge in [0.25, 0.3) is 0 Å². The van der Waals surface area contributed by atoms with Crippen LogP contribution in [0.2, 0.25) is 0 Å². The van der Waals surface area contributed by atoms with Crippen LogP contribution < -0.4 is 16.4 Å². The molecule has 4 N–H and O–H groups in total. The number of alkyl halides is 4. The molecular formula is C21H29F4N3O6. The smallest absolute Gasteiger partial charge is 0.345 e. The molecule has 0 radical (unpaired) electrons. The van der Waals surface area contributed by atoms with E-state index in [1.165, 1.54) is 0 Å². The first kappa shape index (κ1) is 29.3. The van der Waals surface area contributed by atoms with Crippen molar-refractivity contribution in [3.8, 4) is 0 Å². The van der Waals surface area contributed by atoms with Gasteiger partial charge in [0, 0.05) is 0 Å². The fraction of sp³-hybridized carbons (Fsp3) is 0.571. The summed E-state index contributed by atoms with van der Waals surface area (Å²) in [7, 11) is 0. The predicted molar refractivity (Wildman–Crippen MR) is 111 cm³/mol. The van der Waals surface area contributed by atoms with Crippen molar-refractivity contribution >= 4 is 17.8 Å². The van der Waals surface area contributed by atoms with E-state index in [4.69, 9.17) is 10.5 Å². The molecule has 2 amide bonds. The van der Waals surface area contributed by atoms with Crippen molar-refractivity contribution in [1.29, 1.82) is 0 Å². The van der Waals surface area contributed by atoms with Crippen molar-refractivity contribution in [3.05, 3.63) is 35.9 Å². The molecule has 0 saturated heterocycles. The van der Waals surface area contributed by atoms with Crippen LogP contribution in [-0.2, 0) is 35.2 Å². The molecule has 1 rings (SSSR count). The van der Waals surface area contributed by atoms with Crippen LogP contribution >= 0.6 is 0 Å². The maximum absolute atomic E-state index is 12.7. The van der Waals surface area contributed by atoms with Gasteiger partial charge in [0.15, 0.2) is 0 Å². The van der Waals surface area contributed by atoms with Crippen molar-refractivity contribution in [1.82, 2.24) is 10.6 Å². The van der Waals surface area contributed by atoms with Gasteiger partial charge in [-0.1, -0.05) is 44.2 Å². The van der Waals surface area contributed by atoms with Crippen LogP contribution in [0.5, 0.6) is 0 Å². The Labute approximate surface area is 194 Å². The monoisotopic (exact) mass is 495 g/mol. The highest BCUT2D eigenvalue weighted by Crippen LogP contribution is 2.10. The van der Waals surface area contributed by atoms with Gasteiger partial charge in [-0.15, -0.1) is 0 Å². The molecule has 0 heterocycles. The van der Waals surface area contributed by atoms with Gasteiger partial charge in [0.1, 0.15) is 24.7 Å². The maximum Gasteiger partial charge on any atom is 0.345 e. The van der Waals surface area contributed by atoms with Gasteiger partial charge in [-0.25, -0.2) is 4.79 Å². The first-order chi connectivity index (χ1) is 16.0. The van der Waals surface area contributed by atoms with E-state index in [2.05, 4.69) is 14.8 Å². The summed E-state index contributed by atoms with van der Waals surface area (Å²) in [6, 6.07) is 4.30. The average Bonchev–Trinajstić information content (AvgIpc) is 2.77. The molecule has 0 aliphatic rings. The maximum atomic E-state index is 12.7. The number of carbonyl (C=O) groups excluding carboxylic acids is 3. The van der Waals surface area contributed by atoms with E-state index in [-0.39, 0.29) is 18.9 Å². The largest absolute Gasteiger partial charge is 0.459 e. The summed E-state index contributed by atoms with van der Waals surface area (Å²) in [6.07, 6.45) is 0.150. The van der Waals surface area contributed by atoms with E-state index in [1.54, 1.807) is 44.2 Å². The predicted octanol–water partition coefficient (Wildman–Crippen LogP) is 1.55. The Morgan fingerprint density at radius 1 is 0.882 bits per heavy atom. The second-order valence-corrected chi connectivity index (χ2v) is 7.64. The minimum Gasteiger partial charge on any atom is -0.459 e. The zero-order valence-corrected chi connectivity index (χ0v) is 18.7. The lowest BCUT2D eigenvalue weighted by Gasteiger charge is -2.24. The molecule has 192 valence electrons. The zero-order chi connectivity index (χ0) is 25.7. The van der Waals surface area contributed by atoms with Crippen molar-refractivity contribution in [2.75, 3.05) is 13.2 Å². The van der Waals surface area contributed by atoms with E-state index >= 15 is 0 Å². The Morgan fingerprint density at radius 2 is 1.44 bits per heavy atom. The summed E-state index contributed by atoms with van der Waals surface area (Å²) in [6.45, 7) is -4.78. The Hall–Kier alpha value is -2.77. The van der Waals surface area contributed by atoms with Crippen molar-refractivity contribution in [3.63, 3.8) is 0 Å². The molecule has 0 aliphatic carbocycles. The van der Waals surface area contributed by atoms with Crippen molar-refractivity contribution in [2.24, 2.45) is 11.7 Å². The molecule has 0 saturated carbocycles. The van der Waals surface area contributed by atoms with E-state index in [1.807, 2.05) is 5.32 Å². The number of hydrogen-bond donors (Lipinski definition) is 3. The Morgan fingerprint density at radius 3 is 2.00 bits per heavy atom. The molecule has 9 nitrogen and oxygen atoms in total. The van der Waals surface area contributed by atoms with Crippen LogP contribution in [0.3, 0.4) is 0 Å². The van der Waals surface area contributed by atoms with E-state index < -0.39 is 62.3 Å². The van der Waals surface area contributed by atoms with E-state index in [0.29, 0.717) is 5.56 Å². The molecule has 13 heteroatoms. The molecule has 0 aromatic heterocycles. The number of halogens is 4. The average molecular weight is 495 g/mol. The van der Waals surface area contributed by atoms with Gasteiger partial charge >= 0.3 is 19.2 Å². The summed E-state index contributed by atoms with van der Waals surface area (Å²) < 4.78 is 62.6. The Kier molecular flexibility index (Phi) is 13.1. The van der Waals surface area contributed by atoms with Gasteiger partial charge < -0.3 is 30.6 Å². The fourth-order valence-corrected chi connectivity index (χ4v) is 2.67. The van der Waals surface area contributed by atoms with Gasteiger partial charge in [-0.05, 0) is 17.9 Å². The summed E-state index contributed by atoms with van der Waals surface area (Å²) in [4.78, 5) is 37.4. The molecule has 34 heavy (non-hydrogen) atoms. The molecule has 0 unspecified atom stereocenters. The van der Waals surface area contributed by atoms with Crippen LogP contribution in [0, 0.1) is 5.92 Å². The molecule has 1 aromatic rings. The van der Waals surface area contributed by atoms with Crippen LogP contribution in [0.25, 0.3) is 0 Å². The SMILES string of the molecule is CC(C)C[C@H](NC(=O)[C@H](COC(F)F)NC(=O)[C@@H](N)COC(F)F)C(=O)OCc1ccccc1. The van der Waals surface area contributed by atoms with Crippen molar-refractivity contribution < 1.29 is 46.2 Å². The Bertz CT molecular complexity index is 770. The highest BCUT2D eigenvalue weighted by Gasteiger charge is 2.30. The second-order valence-electron chi connectivity index (χ2n) is 7.64. The van der Waals surface area contributed by atoms with Crippen LogP contribution in [0.4, 0.5) is 17.6 Å². The summed E-state index contributed by atoms with van der Waals surface area (Å²) in [5, 5.41) is 4.40. The molecule has 0 bridgehead atoms. The number of nitrogens with two attached hydrogens (primary N) is 1. The number of rotatable bonds is 15. The number of benzene rings is 1. The number of ether oxygens (including phenoxy) is 3. The van der Waals surface area contributed by atoms with Crippen LogP contribution in [0.15, 0.2) is 30.3 Å². The summed E-state index contributed by atoms with van der Waals surface area (Å²) in [5.74, 6) is -2.99. The van der Waals surface area contributed by atoms with Gasteiger partial charge in [-0.2, -0.15) is 17.6 Å². The third-order valence-electron chi connectivity index (χ3n) is 4.29. The Balaban J connectivity index is 2.85. The zero-order valence-electron chi connectivity index (χ0n) is 18.7. The fourth-order valence-electron chi connectivity index (χ4n) is 2.67. The van der Waals surface area contributed by atoms with Crippen molar-refractivity contribution in [2.45, 2.75) is 58.2 Å². The number of hydrogen-bond acceptors (Lipinski definition) is 7. The molecule has 0 fully saturated rings. The first-order valence-electron chi connectivity index (χ1n) is 10.4. The third kappa shape index (κ3) is 11.9. The first-order valence-corrected chi connectivity index (χ1v) is 10.4. The lowest BCUT2D eigenvalue weighted by Crippen LogP contribution is -2.57. The molecule has 0 spiro atoms. The van der Waals surface area contributed by atoms with Gasteiger partial charge in [-0.3, -0.25) is 9.59 Å². The van der Waals surface area contributed by atoms with E-state index in [9.17, 15) is 31.9 Å². The van der Waals surface area contributed by atoms with Gasteiger partial charge in [0.05, 0.1) is 13.2 Å². The minimum absolute atomic E-state index is 0.0578. The number of nitrogens with one attached hydrogen (secondary N) is 2. The van der Waals surface area contributed by atoms with E-state index in [0.717, 1.165) is 0 Å². The molecule has 0 aliphatic heterocycles. The number of esters is 1. The topological polar surface area (TPSA) is 129 Å². The van der Waals surface area contributed by atoms with Crippen LogP contribution in [-0.4, -0.2) is 62.3 Å².